The first-order valence-electron chi connectivity index (χ1n) is 11.6. The molecule has 0 aliphatic carbocycles. The van der Waals surface area contributed by atoms with Gasteiger partial charge in [0.1, 0.15) is 6.04 Å². The molecule has 6 N–H and O–H groups in total. The van der Waals surface area contributed by atoms with Crippen LogP contribution in [0.4, 0.5) is 0 Å². The van der Waals surface area contributed by atoms with E-state index in [0.29, 0.717) is 26.0 Å². The van der Waals surface area contributed by atoms with E-state index in [-0.39, 0.29) is 11.9 Å². The molecule has 0 fully saturated rings. The molecule has 0 aliphatic heterocycles. The Kier molecular flexibility index (Phi) is 19.5. The highest BCUT2D eigenvalue weighted by molar-refractivity contribution is 5.76. The van der Waals surface area contributed by atoms with Gasteiger partial charge in [-0.15, -0.1) is 0 Å². The van der Waals surface area contributed by atoms with Crippen LogP contribution in [0.1, 0.15) is 110 Å². The van der Waals surface area contributed by atoms with Crippen LogP contribution in [0.3, 0.4) is 0 Å². The largest absolute Gasteiger partial charge is 0.465 e. The molecule has 0 aromatic heterocycles. The van der Waals surface area contributed by atoms with Gasteiger partial charge in [-0.2, -0.15) is 0 Å². The molecule has 0 aromatic carbocycles. The van der Waals surface area contributed by atoms with Gasteiger partial charge >= 0.3 is 5.97 Å². The lowest BCUT2D eigenvalue weighted by molar-refractivity contribution is -0.145. The minimum absolute atomic E-state index is 0.0638. The fourth-order valence-electron chi connectivity index (χ4n) is 3.21. The maximum atomic E-state index is 11.8. The number of hydrogen-bond acceptors (Lipinski definition) is 4. The predicted octanol–water partition coefficient (Wildman–Crippen LogP) is 4.39. The van der Waals surface area contributed by atoms with Crippen molar-refractivity contribution < 1.29 is 9.53 Å². The number of nitrogens with zero attached hydrogens (tertiary/aromatic N) is 1. The van der Waals surface area contributed by atoms with Gasteiger partial charge in [0.2, 0.25) is 0 Å². The average molecular weight is 399 g/mol. The van der Waals surface area contributed by atoms with Gasteiger partial charge in [0, 0.05) is 6.54 Å². The predicted molar refractivity (Wildman–Crippen MR) is 119 cm³/mol. The number of aliphatic imine (C=N–C) groups is 1. The van der Waals surface area contributed by atoms with Crippen molar-refractivity contribution in [2.45, 2.75) is 116 Å². The Morgan fingerprint density at radius 3 is 1.71 bits per heavy atom. The third-order valence-corrected chi connectivity index (χ3v) is 5.01. The number of guanidine groups is 1. The van der Waals surface area contributed by atoms with Crippen molar-refractivity contribution >= 4 is 11.9 Å². The van der Waals surface area contributed by atoms with E-state index in [1.807, 2.05) is 0 Å². The van der Waals surface area contributed by atoms with Crippen molar-refractivity contribution in [2.75, 3.05) is 13.2 Å². The zero-order valence-electron chi connectivity index (χ0n) is 18.3. The molecule has 0 amide bonds. The molecular weight excluding hydrogens is 352 g/mol. The van der Waals surface area contributed by atoms with Crippen molar-refractivity contribution in [1.29, 1.82) is 0 Å². The Morgan fingerprint density at radius 1 is 0.786 bits per heavy atom. The Labute approximate surface area is 173 Å². The first-order chi connectivity index (χ1) is 13.6. The number of carbonyl (C=O) groups excluding carboxylic acids is 1. The molecule has 0 rings (SSSR count). The maximum absolute atomic E-state index is 11.8. The Balaban J connectivity index is 3.29. The topological polar surface area (TPSA) is 117 Å². The smallest absolute Gasteiger partial charge is 0.322 e. The van der Waals surface area contributed by atoms with E-state index in [9.17, 15) is 4.79 Å². The zero-order chi connectivity index (χ0) is 20.9. The van der Waals surface area contributed by atoms with Crippen molar-refractivity contribution in [3.63, 3.8) is 0 Å². The minimum Gasteiger partial charge on any atom is -0.465 e. The molecule has 6 heteroatoms. The Bertz CT molecular complexity index is 385. The minimum atomic E-state index is -0.583. The molecule has 1 unspecified atom stereocenters. The second-order valence-corrected chi connectivity index (χ2v) is 7.82. The third kappa shape index (κ3) is 19.5. The van der Waals surface area contributed by atoms with Gasteiger partial charge in [-0.25, -0.2) is 0 Å². The van der Waals surface area contributed by atoms with Crippen LogP contribution in [0.2, 0.25) is 0 Å². The number of ether oxygens (including phenoxy) is 1. The molecule has 0 aromatic rings. The summed E-state index contributed by atoms with van der Waals surface area (Å²) in [6.45, 7) is 3.23. The normalized spacial score (nSPS) is 11.9. The van der Waals surface area contributed by atoms with E-state index in [1.54, 1.807) is 0 Å². The van der Waals surface area contributed by atoms with Gasteiger partial charge < -0.3 is 21.9 Å². The number of nitrogens with two attached hydrogens (primary N) is 3. The molecule has 0 aliphatic rings. The quantitative estimate of drug-likeness (QED) is 0.122. The Morgan fingerprint density at radius 2 is 1.25 bits per heavy atom. The summed E-state index contributed by atoms with van der Waals surface area (Å²) in [5, 5.41) is 0. The standard InChI is InChI=1S/C22H46N4O2/c1-2-3-4-5-6-7-8-9-10-11-12-13-14-15-19-28-21(27)20(23)17-16-18-26-22(24)25/h20H,2-19,23H2,1H3,(H4,24,25,26). The monoisotopic (exact) mass is 398 g/mol. The van der Waals surface area contributed by atoms with Crippen LogP contribution in [0.25, 0.3) is 0 Å². The summed E-state index contributed by atoms with van der Waals surface area (Å²) in [4.78, 5) is 15.6. The molecule has 0 saturated carbocycles. The average Bonchev–Trinajstić information content (AvgIpc) is 2.67. The molecule has 0 radical (unpaired) electrons. The van der Waals surface area contributed by atoms with E-state index in [0.717, 1.165) is 12.8 Å². The van der Waals surface area contributed by atoms with Crippen LogP contribution < -0.4 is 17.2 Å². The molecule has 0 bridgehead atoms. The zero-order valence-corrected chi connectivity index (χ0v) is 18.3. The second-order valence-electron chi connectivity index (χ2n) is 7.82. The summed E-state index contributed by atoms with van der Waals surface area (Å²) in [5.41, 5.74) is 16.3. The summed E-state index contributed by atoms with van der Waals surface area (Å²) in [6, 6.07) is -0.583. The lowest BCUT2D eigenvalue weighted by Crippen LogP contribution is -2.32. The van der Waals surface area contributed by atoms with E-state index in [4.69, 9.17) is 21.9 Å². The van der Waals surface area contributed by atoms with Crippen LogP contribution in [0.15, 0.2) is 4.99 Å². The maximum Gasteiger partial charge on any atom is 0.322 e. The molecule has 6 nitrogen and oxygen atoms in total. The number of esters is 1. The van der Waals surface area contributed by atoms with E-state index >= 15 is 0 Å². The molecule has 0 spiro atoms. The SMILES string of the molecule is CCCCCCCCCCCCCCCCOC(=O)C(N)CCCN=C(N)N. The van der Waals surface area contributed by atoms with Gasteiger partial charge in [-0.05, 0) is 19.3 Å². The number of unbranched alkanes of at least 4 members (excludes halogenated alkanes) is 13. The molecule has 166 valence electrons. The summed E-state index contributed by atoms with van der Waals surface area (Å²) in [6.07, 6.45) is 19.6. The summed E-state index contributed by atoms with van der Waals surface area (Å²) in [7, 11) is 0. The van der Waals surface area contributed by atoms with Crippen LogP contribution in [0.5, 0.6) is 0 Å². The van der Waals surface area contributed by atoms with E-state index in [2.05, 4.69) is 11.9 Å². The van der Waals surface area contributed by atoms with Crippen molar-refractivity contribution in [1.82, 2.24) is 0 Å². The highest BCUT2D eigenvalue weighted by Crippen LogP contribution is 2.13. The summed E-state index contributed by atoms with van der Waals surface area (Å²) in [5.74, 6) is -0.256. The molecular formula is C22H46N4O2. The number of rotatable bonds is 20. The van der Waals surface area contributed by atoms with E-state index < -0.39 is 6.04 Å². The third-order valence-electron chi connectivity index (χ3n) is 5.01. The van der Waals surface area contributed by atoms with Gasteiger partial charge in [0.15, 0.2) is 5.96 Å². The highest BCUT2D eigenvalue weighted by atomic mass is 16.5. The van der Waals surface area contributed by atoms with Crippen LogP contribution in [-0.2, 0) is 9.53 Å². The molecule has 1 atom stereocenters. The van der Waals surface area contributed by atoms with Crippen molar-refractivity contribution in [2.24, 2.45) is 22.2 Å². The van der Waals surface area contributed by atoms with Gasteiger partial charge in [-0.1, -0.05) is 90.4 Å². The van der Waals surface area contributed by atoms with Gasteiger partial charge in [-0.3, -0.25) is 9.79 Å². The number of hydrogen-bond donors (Lipinski definition) is 3. The van der Waals surface area contributed by atoms with Crippen LogP contribution in [-0.4, -0.2) is 31.1 Å². The first kappa shape index (κ1) is 26.7. The lowest BCUT2D eigenvalue weighted by Gasteiger charge is -2.11. The first-order valence-corrected chi connectivity index (χ1v) is 11.6. The number of carbonyl (C=O) groups is 1. The van der Waals surface area contributed by atoms with Crippen molar-refractivity contribution in [3.05, 3.63) is 0 Å². The van der Waals surface area contributed by atoms with Crippen LogP contribution in [0, 0.1) is 0 Å². The van der Waals surface area contributed by atoms with Crippen LogP contribution >= 0.6 is 0 Å². The van der Waals surface area contributed by atoms with Crippen molar-refractivity contribution in [3.8, 4) is 0 Å². The lowest BCUT2D eigenvalue weighted by atomic mass is 10.0. The fraction of sp³-hybridized carbons (Fsp3) is 0.909. The molecule has 28 heavy (non-hydrogen) atoms. The summed E-state index contributed by atoms with van der Waals surface area (Å²) >= 11 is 0. The Hall–Kier alpha value is -1.30. The van der Waals surface area contributed by atoms with Gasteiger partial charge in [0.05, 0.1) is 6.61 Å². The summed E-state index contributed by atoms with van der Waals surface area (Å²) < 4.78 is 5.24. The van der Waals surface area contributed by atoms with Gasteiger partial charge in [0.25, 0.3) is 0 Å². The highest BCUT2D eigenvalue weighted by Gasteiger charge is 2.14. The fourth-order valence-corrected chi connectivity index (χ4v) is 3.21. The van der Waals surface area contributed by atoms with E-state index in [1.165, 1.54) is 77.0 Å². The molecule has 0 saturated heterocycles. The molecule has 0 heterocycles. The second kappa shape index (κ2) is 20.4.